The summed E-state index contributed by atoms with van der Waals surface area (Å²) >= 11 is 5.86. The third-order valence-electron chi connectivity index (χ3n) is 4.73. The van der Waals surface area contributed by atoms with Gasteiger partial charge in [0.25, 0.3) is 5.91 Å². The molecule has 0 heterocycles. The van der Waals surface area contributed by atoms with Crippen LogP contribution in [0.5, 0.6) is 5.75 Å². The van der Waals surface area contributed by atoms with Crippen LogP contribution in [0.15, 0.2) is 42.5 Å². The Balaban J connectivity index is 1.60. The van der Waals surface area contributed by atoms with E-state index in [0.29, 0.717) is 10.8 Å². The summed E-state index contributed by atoms with van der Waals surface area (Å²) in [6.07, 6.45) is 4.27. The number of hydrogen-bond acceptors (Lipinski definition) is 2. The second-order valence-corrected chi connectivity index (χ2v) is 7.12. The van der Waals surface area contributed by atoms with Crippen molar-refractivity contribution in [3.63, 3.8) is 0 Å². The first-order chi connectivity index (χ1) is 12.0. The maximum atomic E-state index is 12.4. The minimum atomic E-state index is -0.568. The SMILES string of the molecule is C[C@H](Oc1ccc(Cl)cc1)C(=O)N[C@H](C)c1ccc2c(c1)CCCC2. The molecule has 2 atom stereocenters. The summed E-state index contributed by atoms with van der Waals surface area (Å²) in [5, 5.41) is 3.69. The standard InChI is InChI=1S/C21H24ClNO2/c1-14(17-8-7-16-5-3-4-6-18(16)13-17)23-21(24)15(2)25-20-11-9-19(22)10-12-20/h7-15H,3-6H2,1-2H3,(H,23,24)/t14-,15+/m1/s1. The Bertz CT molecular complexity index is 742. The van der Waals surface area contributed by atoms with E-state index >= 15 is 0 Å². The lowest BCUT2D eigenvalue weighted by molar-refractivity contribution is -0.127. The Morgan fingerprint density at radius 2 is 1.72 bits per heavy atom. The average Bonchev–Trinajstić information content (AvgIpc) is 2.63. The predicted octanol–water partition coefficient (Wildman–Crippen LogP) is 4.86. The highest BCUT2D eigenvalue weighted by Crippen LogP contribution is 2.25. The van der Waals surface area contributed by atoms with Crippen molar-refractivity contribution in [3.05, 3.63) is 64.2 Å². The molecular weight excluding hydrogens is 334 g/mol. The highest BCUT2D eigenvalue weighted by molar-refractivity contribution is 6.30. The van der Waals surface area contributed by atoms with Crippen molar-refractivity contribution < 1.29 is 9.53 Å². The van der Waals surface area contributed by atoms with Crippen molar-refractivity contribution in [2.24, 2.45) is 0 Å². The molecule has 2 aromatic rings. The lowest BCUT2D eigenvalue weighted by Crippen LogP contribution is -2.37. The van der Waals surface area contributed by atoms with E-state index in [1.165, 1.54) is 30.4 Å². The van der Waals surface area contributed by atoms with E-state index in [1.807, 2.05) is 6.92 Å². The zero-order valence-corrected chi connectivity index (χ0v) is 15.5. The van der Waals surface area contributed by atoms with E-state index in [9.17, 15) is 4.79 Å². The summed E-state index contributed by atoms with van der Waals surface area (Å²) in [6, 6.07) is 13.5. The number of hydrogen-bond donors (Lipinski definition) is 1. The number of carbonyl (C=O) groups excluding carboxylic acids is 1. The number of amides is 1. The van der Waals surface area contributed by atoms with Gasteiger partial charge in [0.1, 0.15) is 5.75 Å². The molecule has 0 saturated carbocycles. The largest absolute Gasteiger partial charge is 0.481 e. The van der Waals surface area contributed by atoms with Gasteiger partial charge in [-0.2, -0.15) is 0 Å². The number of halogens is 1. The normalized spacial score (nSPS) is 15.8. The first kappa shape index (κ1) is 17.8. The molecule has 3 nitrogen and oxygen atoms in total. The van der Waals surface area contributed by atoms with Gasteiger partial charge in [0.2, 0.25) is 0 Å². The Labute approximate surface area is 154 Å². The molecule has 1 N–H and O–H groups in total. The van der Waals surface area contributed by atoms with Crippen LogP contribution < -0.4 is 10.1 Å². The second kappa shape index (κ2) is 7.92. The number of ether oxygens (including phenoxy) is 1. The van der Waals surface area contributed by atoms with Crippen molar-refractivity contribution in [1.82, 2.24) is 5.32 Å². The van der Waals surface area contributed by atoms with Crippen LogP contribution >= 0.6 is 11.6 Å². The average molecular weight is 358 g/mol. The predicted molar refractivity (Wildman–Crippen MR) is 101 cm³/mol. The lowest BCUT2D eigenvalue weighted by Gasteiger charge is -2.21. The molecule has 0 aliphatic heterocycles. The molecule has 1 aliphatic carbocycles. The zero-order valence-electron chi connectivity index (χ0n) is 14.7. The molecule has 0 aromatic heterocycles. The molecule has 0 fully saturated rings. The van der Waals surface area contributed by atoms with Gasteiger partial charge in [-0.05, 0) is 80.5 Å². The van der Waals surface area contributed by atoms with Crippen LogP contribution in [0.25, 0.3) is 0 Å². The molecule has 0 saturated heterocycles. The maximum absolute atomic E-state index is 12.4. The molecule has 132 valence electrons. The number of benzene rings is 2. The number of fused-ring (bicyclic) bond motifs is 1. The molecule has 25 heavy (non-hydrogen) atoms. The highest BCUT2D eigenvalue weighted by Gasteiger charge is 2.19. The fourth-order valence-corrected chi connectivity index (χ4v) is 3.33. The van der Waals surface area contributed by atoms with Crippen molar-refractivity contribution in [2.45, 2.75) is 51.7 Å². The van der Waals surface area contributed by atoms with Gasteiger partial charge >= 0.3 is 0 Å². The summed E-state index contributed by atoms with van der Waals surface area (Å²) in [5.41, 5.74) is 4.02. The Hall–Kier alpha value is -2.00. The number of rotatable bonds is 5. The van der Waals surface area contributed by atoms with E-state index in [0.717, 1.165) is 12.0 Å². The first-order valence-electron chi connectivity index (χ1n) is 8.87. The fourth-order valence-electron chi connectivity index (χ4n) is 3.21. The summed E-state index contributed by atoms with van der Waals surface area (Å²) < 4.78 is 5.69. The van der Waals surface area contributed by atoms with Gasteiger partial charge in [-0.15, -0.1) is 0 Å². The van der Waals surface area contributed by atoms with Crippen LogP contribution in [0.1, 0.15) is 49.4 Å². The van der Waals surface area contributed by atoms with Crippen molar-refractivity contribution >= 4 is 17.5 Å². The van der Waals surface area contributed by atoms with Crippen LogP contribution in [-0.2, 0) is 17.6 Å². The minimum absolute atomic E-state index is 0.0454. The van der Waals surface area contributed by atoms with Gasteiger partial charge in [0.05, 0.1) is 6.04 Å². The topological polar surface area (TPSA) is 38.3 Å². The third-order valence-corrected chi connectivity index (χ3v) is 4.98. The van der Waals surface area contributed by atoms with Gasteiger partial charge in [-0.1, -0.05) is 29.8 Å². The highest BCUT2D eigenvalue weighted by atomic mass is 35.5. The van der Waals surface area contributed by atoms with Gasteiger partial charge in [0, 0.05) is 5.02 Å². The molecule has 0 bridgehead atoms. The van der Waals surface area contributed by atoms with Crippen molar-refractivity contribution in [1.29, 1.82) is 0 Å². The van der Waals surface area contributed by atoms with E-state index < -0.39 is 6.10 Å². The van der Waals surface area contributed by atoms with Crippen LogP contribution in [0.2, 0.25) is 5.02 Å². The molecule has 4 heteroatoms. The van der Waals surface area contributed by atoms with Gasteiger partial charge in [-0.3, -0.25) is 4.79 Å². The van der Waals surface area contributed by atoms with Crippen molar-refractivity contribution in [2.75, 3.05) is 0 Å². The van der Waals surface area contributed by atoms with Gasteiger partial charge in [-0.25, -0.2) is 0 Å². The Morgan fingerprint density at radius 3 is 2.44 bits per heavy atom. The van der Waals surface area contributed by atoms with Crippen LogP contribution in [0.4, 0.5) is 0 Å². The molecule has 0 unspecified atom stereocenters. The van der Waals surface area contributed by atoms with Crippen molar-refractivity contribution in [3.8, 4) is 5.75 Å². The molecule has 2 aromatic carbocycles. The van der Waals surface area contributed by atoms with Crippen LogP contribution in [0.3, 0.4) is 0 Å². The van der Waals surface area contributed by atoms with E-state index in [4.69, 9.17) is 16.3 Å². The van der Waals surface area contributed by atoms with Crippen LogP contribution in [0, 0.1) is 0 Å². The molecule has 0 spiro atoms. The quantitative estimate of drug-likeness (QED) is 0.829. The van der Waals surface area contributed by atoms with E-state index in [-0.39, 0.29) is 11.9 Å². The zero-order chi connectivity index (χ0) is 17.8. The van der Waals surface area contributed by atoms with E-state index in [2.05, 4.69) is 23.5 Å². The molecule has 0 radical (unpaired) electrons. The first-order valence-corrected chi connectivity index (χ1v) is 9.25. The summed E-state index contributed by atoms with van der Waals surface area (Å²) in [6.45, 7) is 3.76. The number of nitrogens with one attached hydrogen (secondary N) is 1. The monoisotopic (exact) mass is 357 g/mol. The smallest absolute Gasteiger partial charge is 0.261 e. The number of carbonyl (C=O) groups is 1. The minimum Gasteiger partial charge on any atom is -0.481 e. The van der Waals surface area contributed by atoms with Gasteiger partial charge < -0.3 is 10.1 Å². The summed E-state index contributed by atoms with van der Waals surface area (Å²) in [7, 11) is 0. The molecule has 1 aliphatic rings. The van der Waals surface area contributed by atoms with Gasteiger partial charge in [0.15, 0.2) is 6.10 Å². The molecular formula is C21H24ClNO2. The fraction of sp³-hybridized carbons (Fsp3) is 0.381. The number of aryl methyl sites for hydroxylation is 2. The summed E-state index contributed by atoms with van der Waals surface area (Å²) in [5.74, 6) is 0.508. The molecule has 1 amide bonds. The second-order valence-electron chi connectivity index (χ2n) is 6.68. The summed E-state index contributed by atoms with van der Waals surface area (Å²) in [4.78, 5) is 12.4. The van der Waals surface area contributed by atoms with Crippen LogP contribution in [-0.4, -0.2) is 12.0 Å². The Morgan fingerprint density at radius 1 is 1.04 bits per heavy atom. The lowest BCUT2D eigenvalue weighted by atomic mass is 9.89. The third kappa shape index (κ3) is 4.55. The Kier molecular flexibility index (Phi) is 5.64. The molecule has 3 rings (SSSR count). The van der Waals surface area contributed by atoms with E-state index in [1.54, 1.807) is 31.2 Å². The maximum Gasteiger partial charge on any atom is 0.261 e.